The maximum Gasteiger partial charge on any atom is 0.320 e. The van der Waals surface area contributed by atoms with Gasteiger partial charge in [-0.25, -0.2) is 0 Å². The minimum Gasteiger partial charge on any atom is -0.480 e. The first kappa shape index (κ1) is 13.6. The Morgan fingerprint density at radius 3 is 2.65 bits per heavy atom. The number of aryl methyl sites for hydroxylation is 1. The lowest BCUT2D eigenvalue weighted by Gasteiger charge is -2.39. The average molecular weight is 274 g/mol. The molecule has 2 aliphatic rings. The number of fused-ring (bicyclic) bond motifs is 1. The molecule has 0 bridgehead atoms. The summed E-state index contributed by atoms with van der Waals surface area (Å²) in [7, 11) is 0. The molecule has 0 saturated carbocycles. The Kier molecular flexibility index (Phi) is 3.76. The van der Waals surface area contributed by atoms with Crippen molar-refractivity contribution in [1.29, 1.82) is 0 Å². The van der Waals surface area contributed by atoms with Crippen LogP contribution in [0.3, 0.4) is 0 Å². The molecule has 20 heavy (non-hydrogen) atoms. The summed E-state index contributed by atoms with van der Waals surface area (Å²) in [6.07, 6.45) is 2.38. The van der Waals surface area contributed by atoms with Gasteiger partial charge in [-0.15, -0.1) is 0 Å². The van der Waals surface area contributed by atoms with Crippen LogP contribution in [0.4, 0.5) is 0 Å². The zero-order valence-corrected chi connectivity index (χ0v) is 12.0. The highest BCUT2D eigenvalue weighted by Crippen LogP contribution is 2.35. The van der Waals surface area contributed by atoms with Gasteiger partial charge in [-0.1, -0.05) is 24.3 Å². The molecule has 1 fully saturated rings. The van der Waals surface area contributed by atoms with Crippen molar-refractivity contribution in [2.24, 2.45) is 0 Å². The lowest BCUT2D eigenvalue weighted by atomic mass is 10.1. The molecular weight excluding hydrogens is 252 g/mol. The molecule has 1 aliphatic carbocycles. The Morgan fingerprint density at radius 2 is 1.95 bits per heavy atom. The van der Waals surface area contributed by atoms with Gasteiger partial charge in [0.15, 0.2) is 0 Å². The lowest BCUT2D eigenvalue weighted by Crippen LogP contribution is -2.52. The number of hydrogen-bond donors (Lipinski definition) is 1. The summed E-state index contributed by atoms with van der Waals surface area (Å²) in [5.74, 6) is -0.718. The molecule has 3 rings (SSSR count). The largest absolute Gasteiger partial charge is 0.480 e. The van der Waals surface area contributed by atoms with Crippen LogP contribution in [0.5, 0.6) is 0 Å². The van der Waals surface area contributed by atoms with Crippen LogP contribution in [-0.2, 0) is 11.2 Å². The first-order valence-corrected chi connectivity index (χ1v) is 7.45. The van der Waals surface area contributed by atoms with Crippen LogP contribution in [0.15, 0.2) is 24.3 Å². The smallest absolute Gasteiger partial charge is 0.320 e. The van der Waals surface area contributed by atoms with Crippen molar-refractivity contribution in [3.63, 3.8) is 0 Å². The predicted octanol–water partition coefficient (Wildman–Crippen LogP) is 1.76. The minimum atomic E-state index is -0.718. The Bertz CT molecular complexity index is 495. The molecule has 1 aromatic carbocycles. The molecule has 1 aliphatic heterocycles. The fourth-order valence-electron chi connectivity index (χ4n) is 3.51. The fraction of sp³-hybridized carbons (Fsp3) is 0.562. The summed E-state index contributed by atoms with van der Waals surface area (Å²) in [5.41, 5.74) is 2.96. The number of carboxylic acids is 1. The van der Waals surface area contributed by atoms with E-state index in [0.29, 0.717) is 6.04 Å². The van der Waals surface area contributed by atoms with Crippen molar-refractivity contribution in [2.45, 2.75) is 31.8 Å². The summed E-state index contributed by atoms with van der Waals surface area (Å²) in [4.78, 5) is 15.6. The molecule has 2 atom stereocenters. The highest BCUT2D eigenvalue weighted by atomic mass is 16.4. The van der Waals surface area contributed by atoms with Gasteiger partial charge in [0.25, 0.3) is 0 Å². The van der Waals surface area contributed by atoms with Gasteiger partial charge in [-0.3, -0.25) is 14.6 Å². The van der Waals surface area contributed by atoms with Gasteiger partial charge in [0.2, 0.25) is 0 Å². The third-order valence-corrected chi connectivity index (χ3v) is 4.80. The van der Waals surface area contributed by atoms with Crippen molar-refractivity contribution in [1.82, 2.24) is 9.80 Å². The molecule has 4 heteroatoms. The summed E-state index contributed by atoms with van der Waals surface area (Å²) in [5, 5.41) is 9.09. The third-order valence-electron chi connectivity index (χ3n) is 4.80. The van der Waals surface area contributed by atoms with Crippen LogP contribution < -0.4 is 0 Å². The standard InChI is InChI=1S/C16H22N2O2/c1-12(16(19)20)17-8-10-18(11-9-17)15-7-6-13-4-2-3-5-14(13)15/h2-5,12,15H,6-11H2,1H3,(H,19,20). The van der Waals surface area contributed by atoms with E-state index in [1.807, 2.05) is 0 Å². The number of nitrogens with zero attached hydrogens (tertiary/aromatic N) is 2. The summed E-state index contributed by atoms with van der Waals surface area (Å²) in [6, 6.07) is 8.90. The highest BCUT2D eigenvalue weighted by Gasteiger charge is 2.32. The Labute approximate surface area is 120 Å². The van der Waals surface area contributed by atoms with Crippen molar-refractivity contribution in [3.05, 3.63) is 35.4 Å². The molecule has 1 N–H and O–H groups in total. The Balaban J connectivity index is 1.64. The highest BCUT2D eigenvalue weighted by molar-refractivity contribution is 5.72. The van der Waals surface area contributed by atoms with Crippen molar-refractivity contribution in [3.8, 4) is 0 Å². The number of benzene rings is 1. The Hall–Kier alpha value is -1.39. The van der Waals surface area contributed by atoms with Gasteiger partial charge < -0.3 is 5.11 Å². The summed E-state index contributed by atoms with van der Waals surface area (Å²) >= 11 is 0. The number of carboxylic acid groups (broad SMARTS) is 1. The molecule has 0 radical (unpaired) electrons. The molecule has 4 nitrogen and oxygen atoms in total. The molecule has 0 amide bonds. The second-order valence-electron chi connectivity index (χ2n) is 5.84. The van der Waals surface area contributed by atoms with Crippen LogP contribution in [-0.4, -0.2) is 53.1 Å². The zero-order valence-electron chi connectivity index (χ0n) is 12.0. The number of aliphatic carboxylic acids is 1. The molecule has 2 unspecified atom stereocenters. The Morgan fingerprint density at radius 1 is 1.25 bits per heavy atom. The molecule has 108 valence electrons. The summed E-state index contributed by atoms with van der Waals surface area (Å²) in [6.45, 7) is 5.42. The van der Waals surface area contributed by atoms with Gasteiger partial charge in [0.05, 0.1) is 0 Å². The lowest BCUT2D eigenvalue weighted by molar-refractivity contribution is -0.143. The number of rotatable bonds is 3. The quantitative estimate of drug-likeness (QED) is 0.912. The van der Waals surface area contributed by atoms with E-state index in [1.165, 1.54) is 24.0 Å². The normalized spacial score (nSPS) is 25.4. The van der Waals surface area contributed by atoms with E-state index in [0.717, 1.165) is 26.2 Å². The minimum absolute atomic E-state index is 0.368. The molecule has 1 heterocycles. The van der Waals surface area contributed by atoms with Gasteiger partial charge in [0, 0.05) is 32.2 Å². The molecule has 1 saturated heterocycles. The maximum absolute atomic E-state index is 11.0. The molecule has 0 spiro atoms. The maximum atomic E-state index is 11.0. The van der Waals surface area contributed by atoms with Crippen LogP contribution in [0.1, 0.15) is 30.5 Å². The first-order chi connectivity index (χ1) is 9.66. The van der Waals surface area contributed by atoms with Crippen molar-refractivity contribution >= 4 is 5.97 Å². The van der Waals surface area contributed by atoms with Crippen LogP contribution in [0.25, 0.3) is 0 Å². The average Bonchev–Trinajstić information content (AvgIpc) is 2.90. The van der Waals surface area contributed by atoms with Crippen LogP contribution >= 0.6 is 0 Å². The number of carbonyl (C=O) groups is 1. The third kappa shape index (κ3) is 2.45. The van der Waals surface area contributed by atoms with E-state index >= 15 is 0 Å². The topological polar surface area (TPSA) is 43.8 Å². The van der Waals surface area contributed by atoms with E-state index in [-0.39, 0.29) is 6.04 Å². The summed E-state index contributed by atoms with van der Waals surface area (Å²) < 4.78 is 0. The van der Waals surface area contributed by atoms with Gasteiger partial charge in [-0.2, -0.15) is 0 Å². The molecule has 1 aromatic rings. The van der Waals surface area contributed by atoms with E-state index in [2.05, 4.69) is 34.1 Å². The first-order valence-electron chi connectivity index (χ1n) is 7.45. The van der Waals surface area contributed by atoms with Crippen LogP contribution in [0, 0.1) is 0 Å². The second-order valence-corrected chi connectivity index (χ2v) is 5.84. The van der Waals surface area contributed by atoms with E-state index in [1.54, 1.807) is 6.92 Å². The molecule has 0 aromatic heterocycles. The van der Waals surface area contributed by atoms with E-state index in [4.69, 9.17) is 5.11 Å². The van der Waals surface area contributed by atoms with Gasteiger partial charge in [0.1, 0.15) is 6.04 Å². The number of hydrogen-bond acceptors (Lipinski definition) is 3. The van der Waals surface area contributed by atoms with Gasteiger partial charge in [-0.05, 0) is 30.9 Å². The van der Waals surface area contributed by atoms with Crippen molar-refractivity contribution in [2.75, 3.05) is 26.2 Å². The zero-order chi connectivity index (χ0) is 14.1. The monoisotopic (exact) mass is 274 g/mol. The predicted molar refractivity (Wildman–Crippen MR) is 77.7 cm³/mol. The van der Waals surface area contributed by atoms with Gasteiger partial charge >= 0.3 is 5.97 Å². The second kappa shape index (κ2) is 5.54. The van der Waals surface area contributed by atoms with Crippen LogP contribution in [0.2, 0.25) is 0 Å². The van der Waals surface area contributed by atoms with E-state index in [9.17, 15) is 4.79 Å². The van der Waals surface area contributed by atoms with E-state index < -0.39 is 5.97 Å². The number of piperazine rings is 1. The fourth-order valence-corrected chi connectivity index (χ4v) is 3.51. The molecular formula is C16H22N2O2. The van der Waals surface area contributed by atoms with Crippen molar-refractivity contribution < 1.29 is 9.90 Å². The SMILES string of the molecule is CC(C(=O)O)N1CCN(C2CCc3ccccc32)CC1.